The Morgan fingerprint density at radius 3 is 2.67 bits per heavy atom. The van der Waals surface area contributed by atoms with Crippen molar-refractivity contribution in [1.82, 2.24) is 15.0 Å². The van der Waals surface area contributed by atoms with Gasteiger partial charge >= 0.3 is 6.18 Å². The molecule has 0 amide bonds. The second-order valence-corrected chi connectivity index (χ2v) is 5.84. The minimum atomic E-state index is -4.39. The van der Waals surface area contributed by atoms with Crippen molar-refractivity contribution in [2.75, 3.05) is 0 Å². The Balaban J connectivity index is 1.95. The molecule has 2 N–H and O–H groups in total. The summed E-state index contributed by atoms with van der Waals surface area (Å²) in [7, 11) is 0. The van der Waals surface area contributed by atoms with Gasteiger partial charge < -0.3 is 10.1 Å². The van der Waals surface area contributed by atoms with Gasteiger partial charge in [-0.1, -0.05) is 30.4 Å². The maximum absolute atomic E-state index is 12.9. The molecule has 0 spiro atoms. The lowest BCUT2D eigenvalue weighted by molar-refractivity contribution is -0.137. The quantitative estimate of drug-likeness (QED) is 0.458. The number of imidazole rings is 1. The highest BCUT2D eigenvalue weighted by molar-refractivity contribution is 5.80. The normalized spacial score (nSPS) is 13.3. The summed E-state index contributed by atoms with van der Waals surface area (Å²) in [5.41, 5.74) is 2.25. The van der Waals surface area contributed by atoms with Gasteiger partial charge in [0.15, 0.2) is 5.65 Å². The molecule has 0 bridgehead atoms. The standard InChI is InChI=1S/C20H16F3N3O/c1-13(6-3-2-4-9-27)18-25-17-11-15(12-24-19(17)26-18)14-7-5-8-16(10-14)20(21,22)23/h2-12,27H,1H3,(H,24,25,26)/b3-2-,9-4+,13-6+. The van der Waals surface area contributed by atoms with Gasteiger partial charge in [0.25, 0.3) is 0 Å². The number of allylic oxidation sites excluding steroid dienone is 5. The van der Waals surface area contributed by atoms with Crippen LogP contribution in [0, 0.1) is 0 Å². The van der Waals surface area contributed by atoms with E-state index in [1.807, 2.05) is 13.0 Å². The number of fused-ring (bicyclic) bond motifs is 1. The van der Waals surface area contributed by atoms with Crippen LogP contribution in [0.3, 0.4) is 0 Å². The molecule has 27 heavy (non-hydrogen) atoms. The molecule has 0 saturated heterocycles. The van der Waals surface area contributed by atoms with Crippen molar-refractivity contribution < 1.29 is 18.3 Å². The molecule has 0 aliphatic heterocycles. The van der Waals surface area contributed by atoms with Gasteiger partial charge in [0, 0.05) is 11.8 Å². The number of aromatic nitrogens is 3. The molecular formula is C20H16F3N3O. The maximum Gasteiger partial charge on any atom is 0.416 e. The van der Waals surface area contributed by atoms with E-state index >= 15 is 0 Å². The zero-order chi connectivity index (χ0) is 19.4. The first-order valence-corrected chi connectivity index (χ1v) is 8.06. The Morgan fingerprint density at radius 2 is 1.93 bits per heavy atom. The highest BCUT2D eigenvalue weighted by atomic mass is 19.4. The fourth-order valence-corrected chi connectivity index (χ4v) is 2.51. The Labute approximate surface area is 153 Å². The fraction of sp³-hybridized carbons (Fsp3) is 0.100. The number of benzene rings is 1. The SMILES string of the molecule is C\C(=C/C=C\C=C\O)c1nc2ncc(-c3cccc(C(F)(F)F)c3)cc2[nH]1. The van der Waals surface area contributed by atoms with Crippen molar-refractivity contribution in [1.29, 1.82) is 0 Å². The molecule has 1 aromatic carbocycles. The summed E-state index contributed by atoms with van der Waals surface area (Å²) in [6.07, 6.45) is 4.74. The van der Waals surface area contributed by atoms with Gasteiger partial charge in [0.1, 0.15) is 5.82 Å². The third-order valence-corrected chi connectivity index (χ3v) is 3.89. The summed E-state index contributed by atoms with van der Waals surface area (Å²) in [6.45, 7) is 1.86. The van der Waals surface area contributed by atoms with Crippen LogP contribution in [0.15, 0.2) is 67.1 Å². The van der Waals surface area contributed by atoms with Gasteiger partial charge in [-0.25, -0.2) is 9.97 Å². The van der Waals surface area contributed by atoms with E-state index in [2.05, 4.69) is 15.0 Å². The second-order valence-electron chi connectivity index (χ2n) is 5.84. The Kier molecular flexibility index (Phi) is 5.12. The van der Waals surface area contributed by atoms with Crippen molar-refractivity contribution >= 4 is 16.7 Å². The van der Waals surface area contributed by atoms with E-state index in [0.29, 0.717) is 28.1 Å². The molecule has 0 saturated carbocycles. The summed E-state index contributed by atoms with van der Waals surface area (Å²) >= 11 is 0. The van der Waals surface area contributed by atoms with E-state index in [9.17, 15) is 13.2 Å². The minimum absolute atomic E-state index is 0.432. The van der Waals surface area contributed by atoms with Crippen LogP contribution in [0.5, 0.6) is 0 Å². The van der Waals surface area contributed by atoms with E-state index in [-0.39, 0.29) is 0 Å². The number of aromatic amines is 1. The van der Waals surface area contributed by atoms with Gasteiger partial charge in [-0.2, -0.15) is 13.2 Å². The molecule has 3 rings (SSSR count). The average molecular weight is 371 g/mol. The number of alkyl halides is 3. The molecule has 0 fully saturated rings. The summed E-state index contributed by atoms with van der Waals surface area (Å²) in [6, 6.07) is 6.86. The lowest BCUT2D eigenvalue weighted by Crippen LogP contribution is -2.04. The molecule has 0 unspecified atom stereocenters. The number of hydrogen-bond acceptors (Lipinski definition) is 3. The lowest BCUT2D eigenvalue weighted by Gasteiger charge is -2.08. The first-order valence-electron chi connectivity index (χ1n) is 8.06. The molecule has 0 radical (unpaired) electrons. The summed E-state index contributed by atoms with van der Waals surface area (Å²) in [5, 5.41) is 8.58. The maximum atomic E-state index is 12.9. The number of rotatable bonds is 4. The third kappa shape index (κ3) is 4.25. The molecular weight excluding hydrogens is 355 g/mol. The van der Waals surface area contributed by atoms with Crippen LogP contribution in [-0.2, 0) is 6.18 Å². The molecule has 2 aromatic heterocycles. The van der Waals surface area contributed by atoms with E-state index in [1.165, 1.54) is 18.3 Å². The number of nitrogens with zero attached hydrogens (tertiary/aromatic N) is 2. The van der Waals surface area contributed by atoms with Crippen molar-refractivity contribution in [3.05, 3.63) is 78.5 Å². The van der Waals surface area contributed by atoms with Gasteiger partial charge in [-0.15, -0.1) is 0 Å². The average Bonchev–Trinajstić information content (AvgIpc) is 3.08. The highest BCUT2D eigenvalue weighted by Crippen LogP contribution is 2.32. The van der Waals surface area contributed by atoms with Gasteiger partial charge in [0.05, 0.1) is 17.3 Å². The van der Waals surface area contributed by atoms with Crippen molar-refractivity contribution in [3.8, 4) is 11.1 Å². The first kappa shape index (κ1) is 18.4. The minimum Gasteiger partial charge on any atom is -0.516 e. The highest BCUT2D eigenvalue weighted by Gasteiger charge is 2.30. The number of aliphatic hydroxyl groups excluding tert-OH is 1. The molecule has 4 nitrogen and oxygen atoms in total. The van der Waals surface area contributed by atoms with Crippen molar-refractivity contribution in [3.63, 3.8) is 0 Å². The molecule has 3 aromatic rings. The van der Waals surface area contributed by atoms with Crippen LogP contribution in [0.1, 0.15) is 18.3 Å². The number of halogens is 3. The van der Waals surface area contributed by atoms with Crippen LogP contribution in [0.25, 0.3) is 27.9 Å². The van der Waals surface area contributed by atoms with Gasteiger partial charge in [-0.05, 0) is 42.3 Å². The Morgan fingerprint density at radius 1 is 1.11 bits per heavy atom. The number of hydrogen-bond donors (Lipinski definition) is 2. The predicted octanol–water partition coefficient (Wildman–Crippen LogP) is 5.67. The van der Waals surface area contributed by atoms with E-state index in [0.717, 1.165) is 24.0 Å². The monoisotopic (exact) mass is 371 g/mol. The largest absolute Gasteiger partial charge is 0.516 e. The lowest BCUT2D eigenvalue weighted by atomic mass is 10.0. The molecule has 0 aliphatic carbocycles. The van der Waals surface area contributed by atoms with Crippen molar-refractivity contribution in [2.45, 2.75) is 13.1 Å². The second kappa shape index (κ2) is 7.49. The number of aliphatic hydroxyl groups is 1. The smallest absolute Gasteiger partial charge is 0.416 e. The predicted molar refractivity (Wildman–Crippen MR) is 98.9 cm³/mol. The number of pyridine rings is 1. The van der Waals surface area contributed by atoms with Crippen LogP contribution < -0.4 is 0 Å². The van der Waals surface area contributed by atoms with Gasteiger partial charge in [0.2, 0.25) is 0 Å². The zero-order valence-electron chi connectivity index (χ0n) is 14.3. The van der Waals surface area contributed by atoms with Crippen LogP contribution >= 0.6 is 0 Å². The molecule has 2 heterocycles. The summed E-state index contributed by atoms with van der Waals surface area (Å²) < 4.78 is 38.8. The van der Waals surface area contributed by atoms with Gasteiger partial charge in [-0.3, -0.25) is 0 Å². The summed E-state index contributed by atoms with van der Waals surface area (Å²) in [5.74, 6) is 0.608. The number of H-pyrrole nitrogens is 1. The fourth-order valence-electron chi connectivity index (χ4n) is 2.51. The van der Waals surface area contributed by atoms with E-state index in [1.54, 1.807) is 24.3 Å². The zero-order valence-corrected chi connectivity index (χ0v) is 14.3. The molecule has 7 heteroatoms. The Hall–Kier alpha value is -3.35. The topological polar surface area (TPSA) is 61.8 Å². The number of nitrogens with one attached hydrogen (secondary N) is 1. The van der Waals surface area contributed by atoms with Crippen LogP contribution in [0.2, 0.25) is 0 Å². The van der Waals surface area contributed by atoms with E-state index in [4.69, 9.17) is 5.11 Å². The first-order chi connectivity index (χ1) is 12.9. The van der Waals surface area contributed by atoms with Crippen molar-refractivity contribution in [2.24, 2.45) is 0 Å². The van der Waals surface area contributed by atoms with Crippen LogP contribution in [0.4, 0.5) is 13.2 Å². The van der Waals surface area contributed by atoms with Crippen LogP contribution in [-0.4, -0.2) is 20.1 Å². The Bertz CT molecular complexity index is 1050. The molecule has 0 aliphatic rings. The molecule has 0 atom stereocenters. The molecule has 138 valence electrons. The van der Waals surface area contributed by atoms with E-state index < -0.39 is 11.7 Å². The third-order valence-electron chi connectivity index (χ3n) is 3.89. The summed E-state index contributed by atoms with van der Waals surface area (Å²) in [4.78, 5) is 11.8.